The van der Waals surface area contributed by atoms with E-state index in [9.17, 15) is 0 Å². The van der Waals surface area contributed by atoms with Crippen LogP contribution in [0, 0.1) is 0 Å². The van der Waals surface area contributed by atoms with E-state index in [0.29, 0.717) is 0 Å². The lowest BCUT2D eigenvalue weighted by Gasteiger charge is -2.47. The zero-order valence-electron chi connectivity index (χ0n) is 52.9. The highest BCUT2D eigenvalue weighted by molar-refractivity contribution is 7.20. The van der Waals surface area contributed by atoms with Crippen LogP contribution in [0.15, 0.2) is 394 Å². The maximum Gasteiger partial charge on any atom is 0.179 e. The number of para-hydroxylation sites is 3. The van der Waals surface area contributed by atoms with Crippen LogP contribution in [-0.2, 0) is 5.41 Å². The molecule has 0 saturated heterocycles. The summed E-state index contributed by atoms with van der Waals surface area (Å²) in [6, 6.07) is 149. The fraction of sp³-hybridized carbons (Fsp3) is 0.0110. The van der Waals surface area contributed by atoms with Crippen LogP contribution in [0.25, 0.3) is 55.0 Å². The number of anilines is 3. The first-order chi connectivity index (χ1) is 47.6. The second-order valence-corrected chi connectivity index (χ2v) is 33.0. The van der Waals surface area contributed by atoms with Gasteiger partial charge in [-0.15, -0.1) is 0 Å². The normalized spacial score (nSPS) is 12.9. The van der Waals surface area contributed by atoms with E-state index in [1.807, 2.05) is 0 Å². The molecule has 0 N–H and O–H groups in total. The molecule has 0 aliphatic carbocycles. The van der Waals surface area contributed by atoms with Crippen molar-refractivity contribution in [1.29, 1.82) is 0 Å². The number of nitrogens with zero attached hydrogens (tertiary/aromatic N) is 3. The molecule has 3 heterocycles. The summed E-state index contributed by atoms with van der Waals surface area (Å²) in [6.45, 7) is 0. The summed E-state index contributed by atoms with van der Waals surface area (Å²) in [5, 5.41) is 15.6. The molecule has 0 fully saturated rings. The van der Waals surface area contributed by atoms with Crippen molar-refractivity contribution in [3.8, 4) is 11.4 Å². The third kappa shape index (κ3) is 8.64. The van der Waals surface area contributed by atoms with Crippen LogP contribution in [0.4, 0.5) is 17.1 Å². The molecule has 2 aromatic heterocycles. The number of fused-ring (bicyclic) bond motifs is 8. The Balaban J connectivity index is 0.929. The maximum absolute atomic E-state index is 2.95. The highest BCUT2D eigenvalue weighted by atomic mass is 28.3. The van der Waals surface area contributed by atoms with Gasteiger partial charge in [0.15, 0.2) is 16.1 Å². The van der Waals surface area contributed by atoms with Crippen LogP contribution in [0.2, 0.25) is 0 Å². The minimum atomic E-state index is -2.95. The van der Waals surface area contributed by atoms with E-state index >= 15 is 0 Å². The Hall–Kier alpha value is -11.9. The van der Waals surface area contributed by atoms with Gasteiger partial charge in [-0.1, -0.05) is 322 Å². The van der Waals surface area contributed by atoms with Gasteiger partial charge in [0, 0.05) is 38.6 Å². The van der Waals surface area contributed by atoms with E-state index in [1.54, 1.807) is 0 Å². The van der Waals surface area contributed by atoms with Gasteiger partial charge in [-0.05, 0) is 137 Å². The second kappa shape index (κ2) is 23.3. The van der Waals surface area contributed by atoms with Crippen LogP contribution < -0.4 is 46.4 Å². The summed E-state index contributed by atoms with van der Waals surface area (Å²) >= 11 is 0. The van der Waals surface area contributed by atoms with Gasteiger partial charge in [0.25, 0.3) is 0 Å². The lowest BCUT2D eigenvalue weighted by atomic mass is 9.62. The standard InChI is InChI=1S/C91H65N3Si2/c1-10-32-66(33-11-1)91(67-34-12-2-13-35-67)83-62-69(93-85-52-30-28-50-79(85)81-58-56-77(64-89(81)93)95(71-38-16-4-17-39-71,72-40-18-5-19-41-72)73-42-20-6-21-43-73)54-60-87(83)92(68-36-14-3-15-37-68)88-61-55-70(63-84(88)91)94-86-53-31-29-51-80(86)82-59-57-78(65-90(82)94)96(74-44-22-7-23-45-74,75-46-24-8-25-47-75)76-48-26-9-27-49-76/h1-65H. The number of benzene rings is 15. The molecule has 17 aromatic rings. The van der Waals surface area contributed by atoms with Crippen molar-refractivity contribution in [1.82, 2.24) is 9.13 Å². The first-order valence-electron chi connectivity index (χ1n) is 33.3. The molecule has 0 radical (unpaired) electrons. The quantitative estimate of drug-likeness (QED) is 0.0828. The topological polar surface area (TPSA) is 13.1 Å². The van der Waals surface area contributed by atoms with Gasteiger partial charge in [-0.3, -0.25) is 0 Å². The Kier molecular flexibility index (Phi) is 13.8. The predicted molar refractivity (Wildman–Crippen MR) is 409 cm³/mol. The van der Waals surface area contributed by atoms with E-state index in [0.717, 1.165) is 39.5 Å². The van der Waals surface area contributed by atoms with Crippen molar-refractivity contribution >= 4 is 118 Å². The van der Waals surface area contributed by atoms with Crippen molar-refractivity contribution in [2.24, 2.45) is 0 Å². The monoisotopic (exact) mass is 1260 g/mol. The molecule has 1 aliphatic rings. The smallest absolute Gasteiger partial charge is 0.179 e. The zero-order valence-corrected chi connectivity index (χ0v) is 54.9. The van der Waals surface area contributed by atoms with Gasteiger partial charge < -0.3 is 14.0 Å². The highest BCUT2D eigenvalue weighted by Gasteiger charge is 2.48. The summed E-state index contributed by atoms with van der Waals surface area (Å²) in [5.74, 6) is 0. The Labute approximate surface area is 562 Å². The molecular weight excluding hydrogens is 1190 g/mol. The Morgan fingerprint density at radius 1 is 0.198 bits per heavy atom. The highest BCUT2D eigenvalue weighted by Crippen LogP contribution is 2.59. The fourth-order valence-electron chi connectivity index (χ4n) is 16.7. The molecule has 96 heavy (non-hydrogen) atoms. The van der Waals surface area contributed by atoms with Gasteiger partial charge in [-0.2, -0.15) is 0 Å². The summed E-state index contributed by atoms with van der Waals surface area (Å²) in [6.07, 6.45) is 0. The van der Waals surface area contributed by atoms with Crippen LogP contribution in [0.3, 0.4) is 0 Å². The van der Waals surface area contributed by atoms with Crippen LogP contribution >= 0.6 is 0 Å². The Bertz CT molecular complexity index is 5160. The lowest BCUT2D eigenvalue weighted by molar-refractivity contribution is 0.729. The van der Waals surface area contributed by atoms with Gasteiger partial charge >= 0.3 is 0 Å². The minimum absolute atomic E-state index is 0.857. The summed E-state index contributed by atoms with van der Waals surface area (Å²) in [7, 11) is -5.91. The summed E-state index contributed by atoms with van der Waals surface area (Å²) < 4.78 is 5.13. The Morgan fingerprint density at radius 3 is 0.812 bits per heavy atom. The van der Waals surface area contributed by atoms with E-state index in [-0.39, 0.29) is 0 Å². The fourth-order valence-corrected chi connectivity index (χ4v) is 26.2. The molecule has 452 valence electrons. The molecule has 0 spiro atoms. The third-order valence-electron chi connectivity index (χ3n) is 20.6. The van der Waals surface area contributed by atoms with Crippen LogP contribution in [0.5, 0.6) is 0 Å². The molecule has 0 unspecified atom stereocenters. The first kappa shape index (κ1) is 56.9. The maximum atomic E-state index is 2.56. The SMILES string of the molecule is c1ccc(N2c3ccc(-n4c5ccccc5c5ccc([Si](c6ccccc6)(c6ccccc6)c6ccccc6)cc54)cc3C(c3ccccc3)(c3ccccc3)c3cc(-n4c5ccccc5c5ccc([Si](c6ccccc6)(c6ccccc6)c6ccccc6)cc54)ccc32)cc1. The van der Waals surface area contributed by atoms with Gasteiger partial charge in [0.2, 0.25) is 0 Å². The van der Waals surface area contributed by atoms with Crippen molar-refractivity contribution in [3.05, 3.63) is 417 Å². The molecule has 0 amide bonds. The zero-order chi connectivity index (χ0) is 63.6. The summed E-state index contributed by atoms with van der Waals surface area (Å²) in [5.41, 5.74) is 14.0. The minimum Gasteiger partial charge on any atom is -0.310 e. The van der Waals surface area contributed by atoms with E-state index in [4.69, 9.17) is 0 Å². The van der Waals surface area contributed by atoms with Gasteiger partial charge in [-0.25, -0.2) is 0 Å². The molecule has 0 bridgehead atoms. The Morgan fingerprint density at radius 2 is 0.479 bits per heavy atom. The number of aromatic nitrogens is 2. The van der Waals surface area contributed by atoms with E-state index < -0.39 is 21.6 Å². The van der Waals surface area contributed by atoms with Crippen molar-refractivity contribution in [2.75, 3.05) is 4.90 Å². The average Bonchev–Trinajstić information content (AvgIpc) is 0.869. The first-order valence-corrected chi connectivity index (χ1v) is 37.3. The second-order valence-electron chi connectivity index (χ2n) is 25.4. The van der Waals surface area contributed by atoms with E-state index in [2.05, 4.69) is 408 Å². The lowest BCUT2D eigenvalue weighted by Crippen LogP contribution is -2.74. The van der Waals surface area contributed by atoms with Crippen molar-refractivity contribution < 1.29 is 0 Å². The van der Waals surface area contributed by atoms with Gasteiger partial charge in [0.1, 0.15) is 0 Å². The summed E-state index contributed by atoms with van der Waals surface area (Å²) in [4.78, 5) is 2.52. The number of hydrogen-bond donors (Lipinski definition) is 0. The molecule has 5 heteroatoms. The van der Waals surface area contributed by atoms with Gasteiger partial charge in [0.05, 0.1) is 38.9 Å². The molecular formula is C91H65N3Si2. The van der Waals surface area contributed by atoms with Crippen LogP contribution in [0.1, 0.15) is 22.3 Å². The van der Waals surface area contributed by atoms with Crippen LogP contribution in [-0.4, -0.2) is 25.3 Å². The molecule has 0 atom stereocenters. The molecule has 18 rings (SSSR count). The van der Waals surface area contributed by atoms with E-state index in [1.165, 1.54) is 96.3 Å². The largest absolute Gasteiger partial charge is 0.310 e. The predicted octanol–water partition coefficient (Wildman–Crippen LogP) is 16.8. The molecule has 15 aromatic carbocycles. The number of hydrogen-bond acceptors (Lipinski definition) is 1. The van der Waals surface area contributed by atoms with Crippen molar-refractivity contribution in [3.63, 3.8) is 0 Å². The number of rotatable bonds is 13. The molecule has 3 nitrogen and oxygen atoms in total. The third-order valence-corrected chi connectivity index (χ3v) is 30.2. The average molecular weight is 1260 g/mol. The molecule has 1 aliphatic heterocycles. The molecule has 0 saturated carbocycles. The van der Waals surface area contributed by atoms with Crippen molar-refractivity contribution in [2.45, 2.75) is 5.41 Å².